The summed E-state index contributed by atoms with van der Waals surface area (Å²) in [5.41, 5.74) is -6.75. The Kier molecular flexibility index (Phi) is 5.89. The maximum atomic E-state index is 13.0. The molecule has 0 bridgehead atoms. The van der Waals surface area contributed by atoms with Gasteiger partial charge in [-0.25, -0.2) is 28.2 Å². The number of sulfone groups is 1. The zero-order valence-electron chi connectivity index (χ0n) is 16.6. The third kappa shape index (κ3) is 4.91. The number of benzene rings is 1. The first kappa shape index (κ1) is 24.4. The molecule has 2 aromatic rings. The summed E-state index contributed by atoms with van der Waals surface area (Å²) < 4.78 is 85.4. The Labute approximate surface area is 185 Å². The minimum absolute atomic E-state index is 0.101. The monoisotopic (exact) mass is 507 g/mol. The average molecular weight is 507 g/mol. The molecule has 16 heteroatoms. The van der Waals surface area contributed by atoms with E-state index in [1.165, 1.54) is 25.3 Å². The molecule has 0 radical (unpaired) electrons. The average Bonchev–Trinajstić information content (AvgIpc) is 2.88. The molecule has 11 nitrogen and oxygen atoms in total. The maximum Gasteiger partial charge on any atom is 0.501 e. The predicted octanol–water partition coefficient (Wildman–Crippen LogP) is 1.05. The minimum Gasteiger partial charge on any atom is -0.323 e. The summed E-state index contributed by atoms with van der Waals surface area (Å²) in [6.45, 7) is 1.39. The van der Waals surface area contributed by atoms with Gasteiger partial charge in [0, 0.05) is 12.6 Å². The summed E-state index contributed by atoms with van der Waals surface area (Å²) >= 11 is 0. The number of nitrogens with one attached hydrogen (secondary N) is 2. The fourth-order valence-corrected chi connectivity index (χ4v) is 4.31. The Bertz CT molecular complexity index is 1330. The van der Waals surface area contributed by atoms with Crippen LogP contribution in [0.25, 0.3) is 0 Å². The summed E-state index contributed by atoms with van der Waals surface area (Å²) in [6.07, 6.45) is 1.15. The van der Waals surface area contributed by atoms with Crippen LogP contribution < -0.4 is 20.1 Å². The van der Waals surface area contributed by atoms with Crippen LogP contribution in [0.15, 0.2) is 47.5 Å². The molecular weight excluding hydrogens is 491 g/mol. The number of pyridine rings is 1. The maximum absolute atomic E-state index is 13.0. The number of nitrogens with two attached hydrogens (primary N) is 1. The van der Waals surface area contributed by atoms with Crippen molar-refractivity contribution in [1.82, 2.24) is 10.3 Å². The van der Waals surface area contributed by atoms with Gasteiger partial charge >= 0.3 is 11.5 Å². The molecule has 33 heavy (non-hydrogen) atoms. The molecule has 1 fully saturated rings. The molecule has 0 spiro atoms. The molecule has 1 aliphatic heterocycles. The first-order valence-electron chi connectivity index (χ1n) is 8.87. The van der Waals surface area contributed by atoms with Gasteiger partial charge in [0.25, 0.3) is 26.0 Å². The van der Waals surface area contributed by atoms with Crippen molar-refractivity contribution in [1.29, 1.82) is 0 Å². The highest BCUT2D eigenvalue weighted by atomic mass is 32.2. The lowest BCUT2D eigenvalue weighted by molar-refractivity contribution is -0.121. The Morgan fingerprint density at radius 2 is 1.73 bits per heavy atom. The molecule has 0 saturated carbocycles. The van der Waals surface area contributed by atoms with Crippen LogP contribution >= 0.6 is 0 Å². The zero-order chi connectivity index (χ0) is 24.8. The largest absolute Gasteiger partial charge is 0.501 e. The number of carbonyl (C=O) groups excluding carboxylic acids is 2. The van der Waals surface area contributed by atoms with Crippen molar-refractivity contribution in [3.8, 4) is 0 Å². The van der Waals surface area contributed by atoms with E-state index in [1.807, 2.05) is 4.72 Å². The van der Waals surface area contributed by atoms with E-state index in [2.05, 4.69) is 10.3 Å². The SMILES string of the molecule is CC1(Cc2ccnc(NS(N)(=O)=O)c2)NC(=O)N(c2ccc(S(=O)(=O)C(F)(F)F)cc2)C1=O. The molecule has 1 aromatic heterocycles. The second-order valence-corrected chi connectivity index (χ2v) is 10.5. The van der Waals surface area contributed by atoms with Crippen molar-refractivity contribution in [2.75, 3.05) is 9.62 Å². The molecule has 3 rings (SSSR count). The molecule has 1 aliphatic rings. The normalized spacial score (nSPS) is 19.5. The Balaban J connectivity index is 1.86. The Hall–Kier alpha value is -3.24. The second kappa shape index (κ2) is 7.96. The van der Waals surface area contributed by atoms with Crippen molar-refractivity contribution in [2.24, 2.45) is 5.14 Å². The number of hydrogen-bond acceptors (Lipinski definition) is 7. The van der Waals surface area contributed by atoms with Crippen molar-refractivity contribution in [3.05, 3.63) is 48.2 Å². The van der Waals surface area contributed by atoms with E-state index >= 15 is 0 Å². The third-order valence-corrected chi connectivity index (χ3v) is 6.60. The van der Waals surface area contributed by atoms with Gasteiger partial charge in [0.05, 0.1) is 10.6 Å². The molecule has 1 aromatic carbocycles. The van der Waals surface area contributed by atoms with E-state index in [0.29, 0.717) is 22.6 Å². The lowest BCUT2D eigenvalue weighted by atomic mass is 9.93. The molecule has 1 unspecified atom stereocenters. The number of halogens is 3. The van der Waals surface area contributed by atoms with E-state index in [-0.39, 0.29) is 17.9 Å². The molecule has 1 atom stereocenters. The first-order valence-corrected chi connectivity index (χ1v) is 11.9. The van der Waals surface area contributed by atoms with Crippen LogP contribution in [0.5, 0.6) is 0 Å². The van der Waals surface area contributed by atoms with Crippen LogP contribution in [0.4, 0.5) is 29.5 Å². The molecular formula is C17H16F3N5O6S2. The second-order valence-electron chi connectivity index (χ2n) is 7.22. The van der Waals surface area contributed by atoms with Crippen LogP contribution in [0.1, 0.15) is 12.5 Å². The van der Waals surface area contributed by atoms with Crippen LogP contribution in [0.3, 0.4) is 0 Å². The lowest BCUT2D eigenvalue weighted by Gasteiger charge is -2.22. The van der Waals surface area contributed by atoms with E-state index in [1.54, 1.807) is 0 Å². The van der Waals surface area contributed by atoms with Gasteiger partial charge < -0.3 is 5.32 Å². The number of anilines is 2. The van der Waals surface area contributed by atoms with Gasteiger partial charge in [0.1, 0.15) is 11.4 Å². The Morgan fingerprint density at radius 3 is 2.27 bits per heavy atom. The standard InChI is InChI=1S/C17H16F3N5O6S2/c1-16(9-10-6-7-22-13(8-10)24-33(21,30)31)14(26)25(15(27)23-16)11-2-4-12(5-3-11)32(28,29)17(18,19)20/h2-8H,9H2,1H3,(H,22,24)(H,23,27)(H2,21,30,31). The van der Waals surface area contributed by atoms with Gasteiger partial charge in [-0.2, -0.15) is 21.6 Å². The summed E-state index contributed by atoms with van der Waals surface area (Å²) in [6, 6.07) is 4.98. The number of aromatic nitrogens is 1. The topological polar surface area (TPSA) is 169 Å². The van der Waals surface area contributed by atoms with Crippen molar-refractivity contribution in [2.45, 2.75) is 29.3 Å². The Morgan fingerprint density at radius 1 is 1.12 bits per heavy atom. The smallest absolute Gasteiger partial charge is 0.323 e. The first-order chi connectivity index (χ1) is 15.0. The number of urea groups is 1. The fourth-order valence-electron chi connectivity index (χ4n) is 3.14. The van der Waals surface area contributed by atoms with E-state index in [9.17, 15) is 39.6 Å². The quantitative estimate of drug-likeness (QED) is 0.491. The van der Waals surface area contributed by atoms with Crippen LogP contribution in [-0.2, 0) is 31.3 Å². The van der Waals surface area contributed by atoms with Gasteiger partial charge in [-0.1, -0.05) is 0 Å². The summed E-state index contributed by atoms with van der Waals surface area (Å²) in [5, 5.41) is 7.36. The van der Waals surface area contributed by atoms with Gasteiger partial charge in [-0.3, -0.25) is 9.52 Å². The van der Waals surface area contributed by atoms with Crippen molar-refractivity contribution < 1.29 is 39.6 Å². The highest BCUT2D eigenvalue weighted by Crippen LogP contribution is 2.33. The highest BCUT2D eigenvalue weighted by Gasteiger charge is 2.49. The molecule has 3 amide bonds. The minimum atomic E-state index is -5.59. The van der Waals surface area contributed by atoms with E-state index in [0.717, 1.165) is 12.1 Å². The summed E-state index contributed by atoms with van der Waals surface area (Å²) in [4.78, 5) is 28.9. The fraction of sp³-hybridized carbons (Fsp3) is 0.235. The summed E-state index contributed by atoms with van der Waals surface area (Å²) in [5.74, 6) is -0.884. The van der Waals surface area contributed by atoms with Gasteiger partial charge in [0.2, 0.25) is 0 Å². The van der Waals surface area contributed by atoms with Crippen molar-refractivity contribution >= 4 is 43.5 Å². The van der Waals surface area contributed by atoms with Gasteiger partial charge in [-0.15, -0.1) is 0 Å². The number of rotatable bonds is 6. The zero-order valence-corrected chi connectivity index (χ0v) is 18.3. The van der Waals surface area contributed by atoms with Gasteiger partial charge in [-0.05, 0) is 48.9 Å². The van der Waals surface area contributed by atoms with E-state index in [4.69, 9.17) is 5.14 Å². The number of nitrogens with zero attached hydrogens (tertiary/aromatic N) is 2. The molecule has 178 valence electrons. The third-order valence-electron chi connectivity index (χ3n) is 4.60. The predicted molar refractivity (Wildman–Crippen MR) is 109 cm³/mol. The molecule has 4 N–H and O–H groups in total. The van der Waals surface area contributed by atoms with Crippen LogP contribution in [0.2, 0.25) is 0 Å². The van der Waals surface area contributed by atoms with Crippen LogP contribution in [0, 0.1) is 0 Å². The number of imide groups is 1. The summed E-state index contributed by atoms with van der Waals surface area (Å²) in [7, 11) is -9.69. The molecule has 1 saturated heterocycles. The van der Waals surface area contributed by atoms with E-state index < -0.39 is 47.9 Å². The lowest BCUT2D eigenvalue weighted by Crippen LogP contribution is -2.46. The van der Waals surface area contributed by atoms with Gasteiger partial charge in [0.15, 0.2) is 0 Å². The van der Waals surface area contributed by atoms with Crippen LogP contribution in [-0.4, -0.2) is 44.8 Å². The van der Waals surface area contributed by atoms with Crippen molar-refractivity contribution in [3.63, 3.8) is 0 Å². The number of hydrogen-bond donors (Lipinski definition) is 3. The number of alkyl halides is 3. The molecule has 2 heterocycles. The number of amides is 3. The molecule has 0 aliphatic carbocycles. The number of carbonyl (C=O) groups is 2. The highest BCUT2D eigenvalue weighted by molar-refractivity contribution is 7.92.